The van der Waals surface area contributed by atoms with Crippen LogP contribution in [0.1, 0.15) is 29.9 Å². The molecule has 0 aliphatic rings. The second-order valence-electron chi connectivity index (χ2n) is 3.72. The van der Waals surface area contributed by atoms with Gasteiger partial charge >= 0.3 is 5.97 Å². The molecule has 1 aromatic heterocycles. The molecule has 0 fully saturated rings. The van der Waals surface area contributed by atoms with Gasteiger partial charge in [0, 0.05) is 11.6 Å². The molecule has 98 valence electrons. The largest absolute Gasteiger partial charge is 0.475 e. The smallest absolute Gasteiger partial charge is 0.356 e. The van der Waals surface area contributed by atoms with E-state index in [1.807, 2.05) is 13.8 Å². The highest BCUT2D eigenvalue weighted by molar-refractivity contribution is 5.99. The Kier molecular flexibility index (Phi) is 4.47. The molecule has 0 aromatic carbocycles. The molecule has 0 aliphatic carbocycles. The monoisotopic (exact) mass is 253 g/mol. The molecule has 3 N–H and O–H groups in total. The third kappa shape index (κ3) is 3.34. The summed E-state index contributed by atoms with van der Waals surface area (Å²) in [4.78, 5) is 15.4. The summed E-state index contributed by atoms with van der Waals surface area (Å²) in [5, 5.41) is 11.5. The van der Waals surface area contributed by atoms with Crippen molar-refractivity contribution in [3.05, 3.63) is 23.4 Å². The molecule has 7 nitrogen and oxygen atoms in total. The van der Waals surface area contributed by atoms with E-state index in [9.17, 15) is 4.79 Å². The normalized spacial score (nSPS) is 11.4. The number of ether oxygens (including phenoxy) is 2. The lowest BCUT2D eigenvalue weighted by molar-refractivity contribution is 0.0592. The number of methoxy groups -OCH3 is 1. The maximum Gasteiger partial charge on any atom is 0.356 e. The van der Waals surface area contributed by atoms with Gasteiger partial charge in [0.25, 0.3) is 0 Å². The van der Waals surface area contributed by atoms with E-state index >= 15 is 0 Å². The van der Waals surface area contributed by atoms with Crippen LogP contribution in [0.3, 0.4) is 0 Å². The SMILES string of the molecule is COC(=O)c1cc(C(N)=NO)cc(OC(C)C)n1. The second kappa shape index (κ2) is 5.85. The van der Waals surface area contributed by atoms with Gasteiger partial charge in [0.15, 0.2) is 11.5 Å². The zero-order valence-electron chi connectivity index (χ0n) is 10.4. The Bertz CT molecular complexity index is 471. The number of carbonyl (C=O) groups excluding carboxylic acids is 1. The predicted molar refractivity (Wildman–Crippen MR) is 63.9 cm³/mol. The highest BCUT2D eigenvalue weighted by Gasteiger charge is 2.14. The van der Waals surface area contributed by atoms with Gasteiger partial charge in [0.1, 0.15) is 0 Å². The summed E-state index contributed by atoms with van der Waals surface area (Å²) in [5.41, 5.74) is 5.82. The van der Waals surface area contributed by atoms with Crippen molar-refractivity contribution >= 4 is 11.8 Å². The lowest BCUT2D eigenvalue weighted by Gasteiger charge is -2.11. The Hall–Kier alpha value is -2.31. The Labute approximate surface area is 104 Å². The van der Waals surface area contributed by atoms with Crippen LogP contribution in [-0.2, 0) is 4.74 Å². The van der Waals surface area contributed by atoms with E-state index in [1.54, 1.807) is 0 Å². The van der Waals surface area contributed by atoms with Crippen LogP contribution >= 0.6 is 0 Å². The molecule has 0 bridgehead atoms. The number of hydrogen-bond acceptors (Lipinski definition) is 6. The molecule has 0 saturated carbocycles. The summed E-state index contributed by atoms with van der Waals surface area (Å²) in [6.45, 7) is 3.63. The lowest BCUT2D eigenvalue weighted by atomic mass is 10.2. The molecule has 0 atom stereocenters. The average molecular weight is 253 g/mol. The maximum absolute atomic E-state index is 11.4. The molecule has 0 amide bonds. The topological polar surface area (TPSA) is 107 Å². The highest BCUT2D eigenvalue weighted by Crippen LogP contribution is 2.15. The van der Waals surface area contributed by atoms with Gasteiger partial charge in [-0.25, -0.2) is 9.78 Å². The van der Waals surface area contributed by atoms with E-state index in [1.165, 1.54) is 19.2 Å². The fourth-order valence-corrected chi connectivity index (χ4v) is 1.22. The summed E-state index contributed by atoms with van der Waals surface area (Å²) < 4.78 is 9.94. The number of nitrogens with two attached hydrogens (primary N) is 1. The Morgan fingerprint density at radius 3 is 2.67 bits per heavy atom. The molecule has 1 rings (SSSR count). The first-order chi connectivity index (χ1) is 8.47. The van der Waals surface area contributed by atoms with Crippen LogP contribution in [0.25, 0.3) is 0 Å². The fourth-order valence-electron chi connectivity index (χ4n) is 1.22. The lowest BCUT2D eigenvalue weighted by Crippen LogP contribution is -2.17. The van der Waals surface area contributed by atoms with Crippen molar-refractivity contribution in [2.45, 2.75) is 20.0 Å². The first-order valence-corrected chi connectivity index (χ1v) is 5.23. The van der Waals surface area contributed by atoms with Crippen molar-refractivity contribution in [3.8, 4) is 5.88 Å². The molecule has 1 aromatic rings. The van der Waals surface area contributed by atoms with Gasteiger partial charge in [-0.2, -0.15) is 0 Å². The first-order valence-electron chi connectivity index (χ1n) is 5.23. The number of pyridine rings is 1. The van der Waals surface area contributed by atoms with Crippen LogP contribution in [0.15, 0.2) is 17.3 Å². The van der Waals surface area contributed by atoms with Crippen LogP contribution in [-0.4, -0.2) is 35.2 Å². The predicted octanol–water partition coefficient (Wildman–Crippen LogP) is 0.750. The zero-order chi connectivity index (χ0) is 13.7. The Morgan fingerprint density at radius 1 is 1.50 bits per heavy atom. The van der Waals surface area contributed by atoms with E-state index in [0.717, 1.165) is 0 Å². The minimum atomic E-state index is -0.629. The fraction of sp³-hybridized carbons (Fsp3) is 0.364. The van der Waals surface area contributed by atoms with Crippen LogP contribution in [0, 0.1) is 0 Å². The number of amidine groups is 1. The summed E-state index contributed by atoms with van der Waals surface area (Å²) in [5.74, 6) is -0.568. The average Bonchev–Trinajstić information content (AvgIpc) is 2.35. The van der Waals surface area contributed by atoms with Crippen LogP contribution < -0.4 is 10.5 Å². The maximum atomic E-state index is 11.4. The highest BCUT2D eigenvalue weighted by atomic mass is 16.5. The van der Waals surface area contributed by atoms with Crippen LogP contribution in [0.2, 0.25) is 0 Å². The third-order valence-corrected chi connectivity index (χ3v) is 1.96. The van der Waals surface area contributed by atoms with Gasteiger partial charge in [-0.1, -0.05) is 5.16 Å². The van der Waals surface area contributed by atoms with Gasteiger partial charge in [-0.3, -0.25) is 0 Å². The van der Waals surface area contributed by atoms with E-state index in [0.29, 0.717) is 5.56 Å². The Balaban J connectivity index is 3.24. The van der Waals surface area contributed by atoms with Crippen LogP contribution in [0.5, 0.6) is 5.88 Å². The van der Waals surface area contributed by atoms with E-state index in [-0.39, 0.29) is 23.5 Å². The van der Waals surface area contributed by atoms with E-state index < -0.39 is 5.97 Å². The van der Waals surface area contributed by atoms with Crippen molar-refractivity contribution in [2.75, 3.05) is 7.11 Å². The van der Waals surface area contributed by atoms with Gasteiger partial charge in [-0.15, -0.1) is 0 Å². The molecular weight excluding hydrogens is 238 g/mol. The number of nitrogens with zero attached hydrogens (tertiary/aromatic N) is 2. The van der Waals surface area contributed by atoms with Crippen molar-refractivity contribution in [1.82, 2.24) is 4.98 Å². The molecule has 0 radical (unpaired) electrons. The second-order valence-corrected chi connectivity index (χ2v) is 3.72. The van der Waals surface area contributed by atoms with E-state index in [2.05, 4.69) is 14.9 Å². The van der Waals surface area contributed by atoms with Gasteiger partial charge < -0.3 is 20.4 Å². The molecule has 0 aliphatic heterocycles. The van der Waals surface area contributed by atoms with Gasteiger partial charge in [0.05, 0.1) is 13.2 Å². The van der Waals surface area contributed by atoms with Crippen molar-refractivity contribution in [1.29, 1.82) is 0 Å². The standard InChI is InChI=1S/C11H15N3O4/c1-6(2)18-9-5-7(10(12)14-16)4-8(13-9)11(15)17-3/h4-6,16H,1-3H3,(H2,12,14). The third-order valence-electron chi connectivity index (χ3n) is 1.96. The van der Waals surface area contributed by atoms with Crippen molar-refractivity contribution < 1.29 is 19.5 Å². The number of hydrogen-bond donors (Lipinski definition) is 2. The summed E-state index contributed by atoms with van der Waals surface area (Å²) in [7, 11) is 1.24. The molecule has 0 unspecified atom stereocenters. The zero-order valence-corrected chi connectivity index (χ0v) is 10.4. The minimum absolute atomic E-state index is 0.0252. The van der Waals surface area contributed by atoms with Crippen molar-refractivity contribution in [3.63, 3.8) is 0 Å². The number of oxime groups is 1. The summed E-state index contributed by atoms with van der Waals surface area (Å²) in [6.07, 6.45) is -0.120. The minimum Gasteiger partial charge on any atom is -0.475 e. The molecular formula is C11H15N3O4. The summed E-state index contributed by atoms with van der Waals surface area (Å²) in [6, 6.07) is 2.83. The number of carbonyl (C=O) groups is 1. The Morgan fingerprint density at radius 2 is 2.17 bits per heavy atom. The summed E-state index contributed by atoms with van der Waals surface area (Å²) >= 11 is 0. The number of aromatic nitrogens is 1. The molecule has 1 heterocycles. The van der Waals surface area contributed by atoms with E-state index in [4.69, 9.17) is 15.7 Å². The first kappa shape index (κ1) is 13.8. The van der Waals surface area contributed by atoms with Crippen molar-refractivity contribution in [2.24, 2.45) is 10.9 Å². The van der Waals surface area contributed by atoms with Gasteiger partial charge in [-0.05, 0) is 19.9 Å². The molecule has 7 heteroatoms. The number of esters is 1. The quantitative estimate of drug-likeness (QED) is 0.269. The molecule has 0 saturated heterocycles. The van der Waals surface area contributed by atoms with Crippen LogP contribution in [0.4, 0.5) is 0 Å². The number of rotatable bonds is 4. The van der Waals surface area contributed by atoms with Gasteiger partial charge in [0.2, 0.25) is 5.88 Å². The molecule has 0 spiro atoms. The molecule has 18 heavy (non-hydrogen) atoms.